The van der Waals surface area contributed by atoms with E-state index in [0.717, 1.165) is 12.8 Å². The topological polar surface area (TPSA) is 40.6 Å². The highest BCUT2D eigenvalue weighted by Gasteiger charge is 2.27. The second-order valence-corrected chi connectivity index (χ2v) is 6.17. The van der Waals surface area contributed by atoms with Gasteiger partial charge in [0.25, 0.3) is 5.88 Å². The summed E-state index contributed by atoms with van der Waals surface area (Å²) in [6.07, 6.45) is 4.30. The summed E-state index contributed by atoms with van der Waals surface area (Å²) in [6.45, 7) is 9.96. The van der Waals surface area contributed by atoms with Crippen LogP contribution in [0.5, 0.6) is 17.4 Å². The van der Waals surface area contributed by atoms with Gasteiger partial charge < -0.3 is 14.2 Å². The van der Waals surface area contributed by atoms with E-state index in [1.54, 1.807) is 6.20 Å². The van der Waals surface area contributed by atoms with Crippen molar-refractivity contribution in [1.29, 1.82) is 0 Å². The highest BCUT2D eigenvalue weighted by atomic mass is 16.5. The third-order valence-electron chi connectivity index (χ3n) is 2.39. The van der Waals surface area contributed by atoms with Crippen molar-refractivity contribution >= 4 is 0 Å². The SMILES string of the molecule is CC(C)Oc1cnc(OC(C)(C)C)c(OC2CC2)c1. The highest BCUT2D eigenvalue weighted by molar-refractivity contribution is 5.40. The van der Waals surface area contributed by atoms with E-state index in [0.29, 0.717) is 23.5 Å². The van der Waals surface area contributed by atoms with Crippen LogP contribution in [0.4, 0.5) is 0 Å². The van der Waals surface area contributed by atoms with Crippen LogP contribution in [-0.4, -0.2) is 22.8 Å². The Morgan fingerprint density at radius 2 is 1.95 bits per heavy atom. The summed E-state index contributed by atoms with van der Waals surface area (Å²) in [4.78, 5) is 4.33. The van der Waals surface area contributed by atoms with Crippen LogP contribution in [0.25, 0.3) is 0 Å². The molecule has 0 N–H and O–H groups in total. The van der Waals surface area contributed by atoms with Gasteiger partial charge in [-0.2, -0.15) is 0 Å². The average Bonchev–Trinajstić information content (AvgIpc) is 3.03. The lowest BCUT2D eigenvalue weighted by Crippen LogP contribution is -2.24. The molecule has 0 amide bonds. The summed E-state index contributed by atoms with van der Waals surface area (Å²) >= 11 is 0. The van der Waals surface area contributed by atoms with Crippen LogP contribution in [0, 0.1) is 0 Å². The summed E-state index contributed by atoms with van der Waals surface area (Å²) in [5.41, 5.74) is -0.297. The van der Waals surface area contributed by atoms with E-state index < -0.39 is 0 Å². The van der Waals surface area contributed by atoms with Crippen LogP contribution in [0.15, 0.2) is 12.3 Å². The van der Waals surface area contributed by atoms with Crippen molar-refractivity contribution < 1.29 is 14.2 Å². The van der Waals surface area contributed by atoms with Gasteiger partial charge in [0.2, 0.25) is 0 Å². The molecule has 0 unspecified atom stereocenters. The lowest BCUT2D eigenvalue weighted by Gasteiger charge is -2.22. The molecule has 19 heavy (non-hydrogen) atoms. The zero-order valence-corrected chi connectivity index (χ0v) is 12.4. The quantitative estimate of drug-likeness (QED) is 0.815. The van der Waals surface area contributed by atoms with Gasteiger partial charge in [-0.15, -0.1) is 0 Å². The molecule has 0 radical (unpaired) electrons. The molecule has 1 aromatic rings. The molecule has 1 heterocycles. The number of hydrogen-bond donors (Lipinski definition) is 0. The number of aromatic nitrogens is 1. The molecule has 4 heteroatoms. The first-order chi connectivity index (χ1) is 8.83. The Morgan fingerprint density at radius 1 is 1.26 bits per heavy atom. The molecule has 1 saturated carbocycles. The second kappa shape index (κ2) is 5.27. The Hall–Kier alpha value is -1.45. The van der Waals surface area contributed by atoms with Crippen molar-refractivity contribution in [2.45, 2.75) is 65.3 Å². The second-order valence-electron chi connectivity index (χ2n) is 6.17. The number of pyridine rings is 1. The molecule has 0 aromatic carbocycles. The van der Waals surface area contributed by atoms with Crippen molar-refractivity contribution in [2.24, 2.45) is 0 Å². The summed E-state index contributed by atoms with van der Waals surface area (Å²) in [5.74, 6) is 1.93. The minimum absolute atomic E-state index is 0.116. The van der Waals surface area contributed by atoms with E-state index >= 15 is 0 Å². The van der Waals surface area contributed by atoms with E-state index in [1.807, 2.05) is 40.7 Å². The molecule has 0 aliphatic heterocycles. The molecule has 0 atom stereocenters. The van der Waals surface area contributed by atoms with Crippen molar-refractivity contribution in [3.8, 4) is 17.4 Å². The summed E-state index contributed by atoms with van der Waals surface area (Å²) in [5, 5.41) is 0. The zero-order chi connectivity index (χ0) is 14.0. The molecular weight excluding hydrogens is 242 g/mol. The van der Waals surface area contributed by atoms with Crippen LogP contribution < -0.4 is 14.2 Å². The van der Waals surface area contributed by atoms with E-state index in [2.05, 4.69) is 4.98 Å². The van der Waals surface area contributed by atoms with E-state index in [1.165, 1.54) is 0 Å². The molecule has 2 rings (SSSR count). The van der Waals surface area contributed by atoms with Gasteiger partial charge in [-0.1, -0.05) is 0 Å². The standard InChI is InChI=1S/C15H23NO3/c1-10(2)17-12-8-13(18-11-6-7-11)14(16-9-12)19-15(3,4)5/h8-11H,6-7H2,1-5H3. The summed E-state index contributed by atoms with van der Waals surface area (Å²) in [6, 6.07) is 1.87. The van der Waals surface area contributed by atoms with Gasteiger partial charge >= 0.3 is 0 Å². The molecular formula is C15H23NO3. The Morgan fingerprint density at radius 3 is 2.47 bits per heavy atom. The fourth-order valence-electron chi connectivity index (χ4n) is 1.57. The Bertz CT molecular complexity index is 434. The molecule has 1 aliphatic carbocycles. The van der Waals surface area contributed by atoms with Gasteiger partial charge in [0.15, 0.2) is 5.75 Å². The summed E-state index contributed by atoms with van der Waals surface area (Å²) in [7, 11) is 0. The molecule has 0 bridgehead atoms. The van der Waals surface area contributed by atoms with Crippen LogP contribution in [0.3, 0.4) is 0 Å². The predicted molar refractivity (Wildman–Crippen MR) is 74.0 cm³/mol. The molecule has 1 aliphatic rings. The first-order valence-corrected chi connectivity index (χ1v) is 6.86. The fraction of sp³-hybridized carbons (Fsp3) is 0.667. The van der Waals surface area contributed by atoms with Crippen molar-refractivity contribution in [1.82, 2.24) is 4.98 Å². The molecule has 1 fully saturated rings. The lowest BCUT2D eigenvalue weighted by molar-refractivity contribution is 0.115. The highest BCUT2D eigenvalue weighted by Crippen LogP contribution is 2.36. The molecule has 1 aromatic heterocycles. The normalized spacial score (nSPS) is 15.5. The van der Waals surface area contributed by atoms with Gasteiger partial charge in [0, 0.05) is 6.07 Å². The average molecular weight is 265 g/mol. The Balaban J connectivity index is 2.20. The smallest absolute Gasteiger partial charge is 0.257 e. The monoisotopic (exact) mass is 265 g/mol. The summed E-state index contributed by atoms with van der Waals surface area (Å²) < 4.78 is 17.3. The van der Waals surface area contributed by atoms with Crippen molar-refractivity contribution in [3.05, 3.63) is 12.3 Å². The van der Waals surface area contributed by atoms with Crippen molar-refractivity contribution in [3.63, 3.8) is 0 Å². The number of ether oxygens (including phenoxy) is 3. The lowest BCUT2D eigenvalue weighted by atomic mass is 10.2. The molecule has 106 valence electrons. The maximum atomic E-state index is 5.86. The molecule has 0 saturated heterocycles. The van der Waals surface area contributed by atoms with E-state index in [-0.39, 0.29) is 11.7 Å². The first kappa shape index (κ1) is 14.0. The maximum Gasteiger partial charge on any atom is 0.257 e. The predicted octanol–water partition coefficient (Wildman–Crippen LogP) is 3.59. The maximum absolute atomic E-state index is 5.86. The first-order valence-electron chi connectivity index (χ1n) is 6.86. The van der Waals surface area contributed by atoms with Crippen LogP contribution in [-0.2, 0) is 0 Å². The largest absolute Gasteiger partial charge is 0.489 e. The van der Waals surface area contributed by atoms with Gasteiger partial charge in [-0.25, -0.2) is 4.98 Å². The van der Waals surface area contributed by atoms with Gasteiger partial charge in [-0.05, 0) is 47.5 Å². The van der Waals surface area contributed by atoms with Crippen molar-refractivity contribution in [2.75, 3.05) is 0 Å². The van der Waals surface area contributed by atoms with E-state index in [9.17, 15) is 0 Å². The zero-order valence-electron chi connectivity index (χ0n) is 12.4. The Kier molecular flexibility index (Phi) is 3.88. The van der Waals surface area contributed by atoms with Gasteiger partial charge in [0.05, 0.1) is 18.4 Å². The van der Waals surface area contributed by atoms with Gasteiger partial charge in [-0.3, -0.25) is 0 Å². The minimum Gasteiger partial charge on any atom is -0.489 e. The number of hydrogen-bond acceptors (Lipinski definition) is 4. The third kappa shape index (κ3) is 4.62. The fourth-order valence-corrected chi connectivity index (χ4v) is 1.57. The molecule has 0 spiro atoms. The van der Waals surface area contributed by atoms with Gasteiger partial charge in [0.1, 0.15) is 11.4 Å². The number of nitrogens with zero attached hydrogens (tertiary/aromatic N) is 1. The van der Waals surface area contributed by atoms with Crippen LogP contribution in [0.2, 0.25) is 0 Å². The van der Waals surface area contributed by atoms with Crippen LogP contribution >= 0.6 is 0 Å². The molecule has 4 nitrogen and oxygen atoms in total. The Labute approximate surface area is 115 Å². The third-order valence-corrected chi connectivity index (χ3v) is 2.39. The minimum atomic E-state index is -0.297. The van der Waals surface area contributed by atoms with E-state index in [4.69, 9.17) is 14.2 Å². The van der Waals surface area contributed by atoms with Crippen LogP contribution in [0.1, 0.15) is 47.5 Å². The number of rotatable bonds is 5.